The minimum Gasteiger partial charge on any atom is -0.350 e. The summed E-state index contributed by atoms with van der Waals surface area (Å²) in [6.45, 7) is 2.29. The standard InChI is InChI=1S/C17H20ClN3O/c18-12-5-4-11-9-15(19-14(11)10-12)17(22)20-13-6-8-21-7-2-1-3-16(13)21/h4-5,9-10,13,16,19H,1-3,6-8H2,(H,20,22)/t13-,16-/m0/s1. The number of nitrogens with one attached hydrogen (secondary N) is 2. The number of benzene rings is 1. The van der Waals surface area contributed by atoms with Gasteiger partial charge in [-0.05, 0) is 44.0 Å². The Hall–Kier alpha value is -1.52. The highest BCUT2D eigenvalue weighted by molar-refractivity contribution is 6.31. The van der Waals surface area contributed by atoms with Crippen LogP contribution in [0.1, 0.15) is 36.2 Å². The minimum absolute atomic E-state index is 0.00949. The fraction of sp³-hybridized carbons (Fsp3) is 0.471. The van der Waals surface area contributed by atoms with Gasteiger partial charge in [-0.1, -0.05) is 24.1 Å². The molecule has 22 heavy (non-hydrogen) atoms. The molecule has 116 valence electrons. The molecule has 0 radical (unpaired) electrons. The number of halogens is 1. The Bertz CT molecular complexity index is 711. The largest absolute Gasteiger partial charge is 0.350 e. The molecule has 0 aliphatic carbocycles. The molecule has 2 atom stereocenters. The lowest BCUT2D eigenvalue weighted by molar-refractivity contribution is 0.0911. The van der Waals surface area contributed by atoms with Gasteiger partial charge in [0.15, 0.2) is 0 Å². The van der Waals surface area contributed by atoms with Crippen LogP contribution in [0.15, 0.2) is 24.3 Å². The van der Waals surface area contributed by atoms with E-state index in [1.807, 2.05) is 24.3 Å². The second kappa shape index (κ2) is 5.60. The zero-order chi connectivity index (χ0) is 15.1. The Labute approximate surface area is 134 Å². The summed E-state index contributed by atoms with van der Waals surface area (Å²) in [7, 11) is 0. The van der Waals surface area contributed by atoms with Gasteiger partial charge in [0.25, 0.3) is 5.91 Å². The molecule has 0 saturated carbocycles. The van der Waals surface area contributed by atoms with Gasteiger partial charge in [0, 0.05) is 34.6 Å². The zero-order valence-electron chi connectivity index (χ0n) is 12.4. The molecular weight excluding hydrogens is 298 g/mol. The maximum absolute atomic E-state index is 12.5. The second-order valence-electron chi connectivity index (χ2n) is 6.38. The molecule has 0 spiro atoms. The number of carbonyl (C=O) groups excluding carboxylic acids is 1. The van der Waals surface area contributed by atoms with E-state index in [0.717, 1.165) is 23.9 Å². The van der Waals surface area contributed by atoms with Gasteiger partial charge >= 0.3 is 0 Å². The number of hydrogen-bond donors (Lipinski definition) is 2. The van der Waals surface area contributed by atoms with Crippen LogP contribution in [0.25, 0.3) is 10.9 Å². The van der Waals surface area contributed by atoms with E-state index in [1.54, 1.807) is 0 Å². The first kappa shape index (κ1) is 14.1. The molecular formula is C17H20ClN3O. The smallest absolute Gasteiger partial charge is 0.268 e. The molecule has 2 aliphatic rings. The highest BCUT2D eigenvalue weighted by Gasteiger charge is 2.36. The van der Waals surface area contributed by atoms with Crippen molar-refractivity contribution < 1.29 is 4.79 Å². The summed E-state index contributed by atoms with van der Waals surface area (Å²) in [4.78, 5) is 18.2. The monoisotopic (exact) mass is 317 g/mol. The SMILES string of the molecule is O=C(N[C@H]1CCN2CCCC[C@@H]12)c1cc2ccc(Cl)cc2[nH]1. The Balaban J connectivity index is 1.51. The van der Waals surface area contributed by atoms with Gasteiger partial charge in [-0.3, -0.25) is 9.69 Å². The number of carbonyl (C=O) groups is 1. The van der Waals surface area contributed by atoms with Gasteiger partial charge in [-0.15, -0.1) is 0 Å². The number of fused-ring (bicyclic) bond motifs is 2. The Kier molecular flexibility index (Phi) is 3.59. The van der Waals surface area contributed by atoms with Crippen molar-refractivity contribution in [1.29, 1.82) is 0 Å². The molecule has 5 heteroatoms. The van der Waals surface area contributed by atoms with Crippen LogP contribution in [0.5, 0.6) is 0 Å². The maximum atomic E-state index is 12.5. The van der Waals surface area contributed by atoms with Crippen molar-refractivity contribution in [3.63, 3.8) is 0 Å². The van der Waals surface area contributed by atoms with Gasteiger partial charge in [-0.2, -0.15) is 0 Å². The third-order valence-corrected chi connectivity index (χ3v) is 5.24. The Morgan fingerprint density at radius 3 is 3.05 bits per heavy atom. The number of piperidine rings is 1. The van der Waals surface area contributed by atoms with Crippen LogP contribution < -0.4 is 5.32 Å². The van der Waals surface area contributed by atoms with Gasteiger partial charge in [0.05, 0.1) is 0 Å². The number of nitrogens with zero attached hydrogens (tertiary/aromatic N) is 1. The molecule has 4 rings (SSSR count). The van der Waals surface area contributed by atoms with Crippen molar-refractivity contribution in [3.8, 4) is 0 Å². The summed E-state index contributed by atoms with van der Waals surface area (Å²) < 4.78 is 0. The summed E-state index contributed by atoms with van der Waals surface area (Å²) in [6.07, 6.45) is 4.83. The summed E-state index contributed by atoms with van der Waals surface area (Å²) in [5.41, 5.74) is 1.52. The van der Waals surface area contributed by atoms with E-state index in [9.17, 15) is 4.79 Å². The van der Waals surface area contributed by atoms with Crippen LogP contribution in [-0.4, -0.2) is 41.0 Å². The molecule has 2 saturated heterocycles. The quantitative estimate of drug-likeness (QED) is 0.893. The lowest BCUT2D eigenvalue weighted by atomic mass is 9.99. The molecule has 0 bridgehead atoms. The second-order valence-corrected chi connectivity index (χ2v) is 6.82. The molecule has 2 aromatic rings. The van der Waals surface area contributed by atoms with Crippen LogP contribution in [0.2, 0.25) is 5.02 Å². The van der Waals surface area contributed by atoms with E-state index in [4.69, 9.17) is 11.6 Å². The average Bonchev–Trinajstić information content (AvgIpc) is 3.11. The normalized spacial score (nSPS) is 25.3. The molecule has 3 heterocycles. The van der Waals surface area contributed by atoms with Crippen molar-refractivity contribution in [3.05, 3.63) is 35.0 Å². The summed E-state index contributed by atoms with van der Waals surface area (Å²) in [5.74, 6) is -0.00949. The number of aromatic amines is 1. The van der Waals surface area contributed by atoms with Crippen LogP contribution >= 0.6 is 11.6 Å². The van der Waals surface area contributed by atoms with Gasteiger partial charge in [0.1, 0.15) is 5.69 Å². The fourth-order valence-electron chi connectivity index (χ4n) is 3.88. The van der Waals surface area contributed by atoms with E-state index < -0.39 is 0 Å². The first-order chi connectivity index (χ1) is 10.7. The molecule has 0 unspecified atom stereocenters. The van der Waals surface area contributed by atoms with Crippen molar-refractivity contribution in [2.75, 3.05) is 13.1 Å². The topological polar surface area (TPSA) is 48.1 Å². The van der Waals surface area contributed by atoms with Crippen molar-refractivity contribution in [2.45, 2.75) is 37.8 Å². The molecule has 1 aromatic heterocycles. The number of amides is 1. The van der Waals surface area contributed by atoms with Crippen molar-refractivity contribution in [1.82, 2.24) is 15.2 Å². The zero-order valence-corrected chi connectivity index (χ0v) is 13.2. The van der Waals surface area contributed by atoms with Crippen LogP contribution in [0.3, 0.4) is 0 Å². The van der Waals surface area contributed by atoms with Crippen LogP contribution in [-0.2, 0) is 0 Å². The van der Waals surface area contributed by atoms with Gasteiger partial charge in [-0.25, -0.2) is 0 Å². The Morgan fingerprint density at radius 1 is 1.23 bits per heavy atom. The molecule has 1 aromatic carbocycles. The van der Waals surface area contributed by atoms with E-state index in [0.29, 0.717) is 16.8 Å². The fourth-order valence-corrected chi connectivity index (χ4v) is 4.06. The van der Waals surface area contributed by atoms with E-state index in [-0.39, 0.29) is 11.9 Å². The summed E-state index contributed by atoms with van der Waals surface area (Å²) in [5, 5.41) is 4.92. The summed E-state index contributed by atoms with van der Waals surface area (Å²) in [6, 6.07) is 8.33. The molecule has 2 fully saturated rings. The first-order valence-corrected chi connectivity index (χ1v) is 8.42. The lowest BCUT2D eigenvalue weighted by Crippen LogP contribution is -2.46. The number of aromatic nitrogens is 1. The predicted octanol–water partition coefficient (Wildman–Crippen LogP) is 3.18. The minimum atomic E-state index is -0.00949. The molecule has 1 amide bonds. The summed E-state index contributed by atoms with van der Waals surface area (Å²) >= 11 is 6.00. The highest BCUT2D eigenvalue weighted by Crippen LogP contribution is 2.27. The predicted molar refractivity (Wildman–Crippen MR) is 88.4 cm³/mol. The number of hydrogen-bond acceptors (Lipinski definition) is 2. The highest BCUT2D eigenvalue weighted by atomic mass is 35.5. The number of H-pyrrole nitrogens is 1. The van der Waals surface area contributed by atoms with E-state index in [1.165, 1.54) is 25.8 Å². The Morgan fingerprint density at radius 2 is 2.14 bits per heavy atom. The molecule has 2 aliphatic heterocycles. The third-order valence-electron chi connectivity index (χ3n) is 5.00. The van der Waals surface area contributed by atoms with E-state index in [2.05, 4.69) is 15.2 Å². The lowest BCUT2D eigenvalue weighted by Gasteiger charge is -2.32. The van der Waals surface area contributed by atoms with Crippen molar-refractivity contribution in [2.24, 2.45) is 0 Å². The van der Waals surface area contributed by atoms with Crippen molar-refractivity contribution >= 4 is 28.4 Å². The molecule has 4 nitrogen and oxygen atoms in total. The van der Waals surface area contributed by atoms with Gasteiger partial charge in [0.2, 0.25) is 0 Å². The van der Waals surface area contributed by atoms with Crippen LogP contribution in [0, 0.1) is 0 Å². The average molecular weight is 318 g/mol. The molecule has 2 N–H and O–H groups in total. The number of rotatable bonds is 2. The maximum Gasteiger partial charge on any atom is 0.268 e. The first-order valence-electron chi connectivity index (χ1n) is 8.04. The van der Waals surface area contributed by atoms with Gasteiger partial charge < -0.3 is 10.3 Å². The van der Waals surface area contributed by atoms with Crippen LogP contribution in [0.4, 0.5) is 0 Å². The third kappa shape index (κ3) is 2.50. The van der Waals surface area contributed by atoms with E-state index >= 15 is 0 Å².